The van der Waals surface area contributed by atoms with Gasteiger partial charge in [-0.2, -0.15) is 0 Å². The van der Waals surface area contributed by atoms with Crippen molar-refractivity contribution in [2.45, 2.75) is 11.8 Å². The molecule has 94 valence electrons. The molecule has 0 radical (unpaired) electrons. The van der Waals surface area contributed by atoms with Crippen LogP contribution in [0.1, 0.15) is 6.92 Å². The van der Waals surface area contributed by atoms with E-state index in [4.69, 9.17) is 15.4 Å². The van der Waals surface area contributed by atoms with E-state index in [2.05, 4.69) is 15.9 Å². The second kappa shape index (κ2) is 5.19. The smallest absolute Gasteiger partial charge is 0.288 e. The lowest BCUT2D eigenvalue weighted by molar-refractivity contribution is -0.386. The van der Waals surface area contributed by atoms with Crippen LogP contribution in [0.4, 0.5) is 5.69 Å². The highest BCUT2D eigenvalue weighted by Crippen LogP contribution is 2.37. The molecular weight excluding hydrogens is 338 g/mol. The summed E-state index contributed by atoms with van der Waals surface area (Å²) < 4.78 is 27.5. The first-order valence-corrected chi connectivity index (χ1v) is 7.43. The molecule has 1 aromatic rings. The maximum Gasteiger partial charge on any atom is 0.288 e. The third-order valence-corrected chi connectivity index (χ3v) is 3.90. The van der Waals surface area contributed by atoms with E-state index in [9.17, 15) is 18.5 Å². The molecule has 1 rings (SSSR count). The first-order valence-electron chi connectivity index (χ1n) is 4.32. The standard InChI is InChI=1S/C8H7BrClNO5S/c1-2-16-7-4-5(17(10,14)15)3-6(8(7)9)11(12)13/h3-4H,2H2,1H3. The van der Waals surface area contributed by atoms with E-state index in [1.54, 1.807) is 6.92 Å². The Kier molecular flexibility index (Phi) is 4.34. The maximum atomic E-state index is 11.1. The fourth-order valence-electron chi connectivity index (χ4n) is 1.09. The molecule has 9 heteroatoms. The van der Waals surface area contributed by atoms with Crippen LogP contribution < -0.4 is 4.74 Å². The SMILES string of the molecule is CCOc1cc(S(=O)(=O)Cl)cc([N+](=O)[O-])c1Br. The summed E-state index contributed by atoms with van der Waals surface area (Å²) in [4.78, 5) is 9.64. The van der Waals surface area contributed by atoms with Gasteiger partial charge in [0, 0.05) is 22.8 Å². The monoisotopic (exact) mass is 343 g/mol. The van der Waals surface area contributed by atoms with Gasteiger partial charge >= 0.3 is 0 Å². The van der Waals surface area contributed by atoms with Crippen molar-refractivity contribution in [2.75, 3.05) is 6.61 Å². The van der Waals surface area contributed by atoms with E-state index >= 15 is 0 Å². The Morgan fingerprint density at radius 3 is 2.53 bits per heavy atom. The first-order chi connectivity index (χ1) is 7.77. The quantitative estimate of drug-likeness (QED) is 0.476. The highest BCUT2D eigenvalue weighted by molar-refractivity contribution is 9.10. The Morgan fingerprint density at radius 2 is 2.12 bits per heavy atom. The van der Waals surface area contributed by atoms with Crippen LogP contribution in [0.5, 0.6) is 5.75 Å². The average molecular weight is 345 g/mol. The van der Waals surface area contributed by atoms with Gasteiger partial charge in [-0.25, -0.2) is 8.42 Å². The molecule has 0 aliphatic carbocycles. The minimum atomic E-state index is -4.05. The summed E-state index contributed by atoms with van der Waals surface area (Å²) >= 11 is 2.98. The number of nitrogens with zero attached hydrogens (tertiary/aromatic N) is 1. The van der Waals surface area contributed by atoms with Crippen molar-refractivity contribution in [3.8, 4) is 5.75 Å². The average Bonchev–Trinajstić information content (AvgIpc) is 2.19. The molecule has 0 aromatic heterocycles. The Bertz CT molecular complexity index is 559. The highest BCUT2D eigenvalue weighted by atomic mass is 79.9. The summed E-state index contributed by atoms with van der Waals surface area (Å²) in [6, 6.07) is 2.00. The van der Waals surface area contributed by atoms with Gasteiger partial charge in [0.15, 0.2) is 0 Å². The van der Waals surface area contributed by atoms with Crippen LogP contribution in [-0.2, 0) is 9.05 Å². The molecule has 6 nitrogen and oxygen atoms in total. The number of nitro groups is 1. The third-order valence-electron chi connectivity index (χ3n) is 1.77. The lowest BCUT2D eigenvalue weighted by Gasteiger charge is -2.07. The van der Waals surface area contributed by atoms with Crippen molar-refractivity contribution in [1.82, 2.24) is 0 Å². The molecule has 0 saturated carbocycles. The molecular formula is C8H7BrClNO5S. The van der Waals surface area contributed by atoms with Crippen LogP contribution in [0, 0.1) is 10.1 Å². The van der Waals surface area contributed by atoms with E-state index in [0.29, 0.717) is 0 Å². The molecule has 0 N–H and O–H groups in total. The van der Waals surface area contributed by atoms with Crippen molar-refractivity contribution in [3.63, 3.8) is 0 Å². The lowest BCUT2D eigenvalue weighted by Crippen LogP contribution is -2.00. The molecule has 0 aliphatic heterocycles. The summed E-state index contributed by atoms with van der Waals surface area (Å²) in [5.41, 5.74) is -0.421. The fourth-order valence-corrected chi connectivity index (χ4v) is 2.35. The van der Waals surface area contributed by atoms with Gasteiger partial charge in [-0.3, -0.25) is 10.1 Å². The minimum absolute atomic E-state index is 0.0564. The zero-order valence-corrected chi connectivity index (χ0v) is 11.7. The first kappa shape index (κ1) is 14.2. The Balaban J connectivity index is 3.53. The van der Waals surface area contributed by atoms with Crippen molar-refractivity contribution < 1.29 is 18.1 Å². The number of nitro benzene ring substituents is 1. The van der Waals surface area contributed by atoms with Crippen molar-refractivity contribution in [2.24, 2.45) is 0 Å². The molecule has 0 fully saturated rings. The molecule has 0 spiro atoms. The highest BCUT2D eigenvalue weighted by Gasteiger charge is 2.23. The number of hydrogen-bond acceptors (Lipinski definition) is 5. The van der Waals surface area contributed by atoms with Crippen molar-refractivity contribution in [3.05, 3.63) is 26.7 Å². The van der Waals surface area contributed by atoms with Gasteiger partial charge in [0.05, 0.1) is 16.4 Å². The second-order valence-electron chi connectivity index (χ2n) is 2.88. The van der Waals surface area contributed by atoms with Gasteiger partial charge < -0.3 is 4.74 Å². The van der Waals surface area contributed by atoms with Crippen LogP contribution in [0.15, 0.2) is 21.5 Å². The normalized spacial score (nSPS) is 11.2. The number of ether oxygens (including phenoxy) is 1. The Morgan fingerprint density at radius 1 is 1.53 bits per heavy atom. The van der Waals surface area contributed by atoms with Gasteiger partial charge in [-0.05, 0) is 22.9 Å². The Hall–Kier alpha value is -0.860. The molecule has 0 heterocycles. The topological polar surface area (TPSA) is 86.5 Å². The summed E-state index contributed by atoms with van der Waals surface area (Å²) in [7, 11) is 1.09. The van der Waals surface area contributed by atoms with E-state index in [0.717, 1.165) is 12.1 Å². The summed E-state index contributed by atoms with van der Waals surface area (Å²) in [5.74, 6) is 0.0564. The largest absolute Gasteiger partial charge is 0.492 e. The second-order valence-corrected chi connectivity index (χ2v) is 6.24. The van der Waals surface area contributed by atoms with E-state index in [1.165, 1.54) is 0 Å². The molecule has 17 heavy (non-hydrogen) atoms. The third kappa shape index (κ3) is 3.30. The number of hydrogen-bond donors (Lipinski definition) is 0. The molecule has 0 unspecified atom stereocenters. The van der Waals surface area contributed by atoms with E-state index in [1.807, 2.05) is 0 Å². The number of rotatable bonds is 4. The fraction of sp³-hybridized carbons (Fsp3) is 0.250. The predicted octanol–water partition coefficient (Wildman–Crippen LogP) is 2.68. The van der Waals surface area contributed by atoms with Crippen LogP contribution in [-0.4, -0.2) is 19.9 Å². The molecule has 1 aromatic carbocycles. The van der Waals surface area contributed by atoms with Gasteiger partial charge in [-0.1, -0.05) is 0 Å². The van der Waals surface area contributed by atoms with Gasteiger partial charge in [0.1, 0.15) is 10.2 Å². The van der Waals surface area contributed by atoms with Crippen LogP contribution >= 0.6 is 26.6 Å². The van der Waals surface area contributed by atoms with Gasteiger partial charge in [-0.15, -0.1) is 0 Å². The van der Waals surface area contributed by atoms with Crippen LogP contribution in [0.3, 0.4) is 0 Å². The van der Waals surface area contributed by atoms with Crippen LogP contribution in [0.25, 0.3) is 0 Å². The van der Waals surface area contributed by atoms with E-state index < -0.39 is 19.7 Å². The predicted molar refractivity (Wildman–Crippen MR) is 65.0 cm³/mol. The minimum Gasteiger partial charge on any atom is -0.492 e. The zero-order chi connectivity index (χ0) is 13.2. The summed E-state index contributed by atoms with van der Waals surface area (Å²) in [6.07, 6.45) is 0. The number of halogens is 2. The van der Waals surface area contributed by atoms with Gasteiger partial charge in [0.2, 0.25) is 0 Å². The number of benzene rings is 1. The lowest BCUT2D eigenvalue weighted by atomic mass is 10.3. The van der Waals surface area contributed by atoms with Crippen molar-refractivity contribution >= 4 is 41.4 Å². The van der Waals surface area contributed by atoms with Gasteiger partial charge in [0.25, 0.3) is 14.7 Å². The molecule has 0 bridgehead atoms. The molecule has 0 atom stereocenters. The molecule has 0 saturated heterocycles. The Labute approximate surface area is 110 Å². The van der Waals surface area contributed by atoms with Crippen LogP contribution in [0.2, 0.25) is 0 Å². The maximum absolute atomic E-state index is 11.1. The summed E-state index contributed by atoms with van der Waals surface area (Å²) in [6.45, 7) is 1.90. The van der Waals surface area contributed by atoms with Crippen molar-refractivity contribution in [1.29, 1.82) is 0 Å². The molecule has 0 aliphatic rings. The zero-order valence-electron chi connectivity index (χ0n) is 8.51. The molecule has 0 amide bonds. The van der Waals surface area contributed by atoms with E-state index in [-0.39, 0.29) is 21.7 Å². The summed E-state index contributed by atoms with van der Waals surface area (Å²) in [5, 5.41) is 10.7.